The molecule has 15 heavy (non-hydrogen) atoms. The molecule has 2 heterocycles. The Labute approximate surface area is 91.0 Å². The van der Waals surface area contributed by atoms with Gasteiger partial charge in [-0.15, -0.1) is 0 Å². The number of hydrogen-bond acceptors (Lipinski definition) is 3. The molecule has 0 spiro atoms. The van der Waals surface area contributed by atoms with E-state index >= 15 is 0 Å². The van der Waals surface area contributed by atoms with Gasteiger partial charge < -0.3 is 9.47 Å². The average Bonchev–Trinajstić information content (AvgIpc) is 2.71. The van der Waals surface area contributed by atoms with Gasteiger partial charge in [0, 0.05) is 24.5 Å². The number of ether oxygens (including phenoxy) is 2. The monoisotopic (exact) mass is 209 g/mol. The summed E-state index contributed by atoms with van der Waals surface area (Å²) in [6.07, 6.45) is 5.97. The Morgan fingerprint density at radius 1 is 1.53 bits per heavy atom. The van der Waals surface area contributed by atoms with Crippen LogP contribution in [0, 0.1) is 5.41 Å². The topological polar surface area (TPSA) is 21.7 Å². The molecule has 1 saturated carbocycles. The molecular weight excluding hydrogens is 190 g/mol. The summed E-state index contributed by atoms with van der Waals surface area (Å²) in [5.41, 5.74) is 0.443. The fourth-order valence-electron chi connectivity index (χ4n) is 2.86. The molecule has 2 unspecified atom stereocenters. The summed E-state index contributed by atoms with van der Waals surface area (Å²) in [7, 11) is 0. The molecule has 2 aliphatic heterocycles. The van der Waals surface area contributed by atoms with Crippen LogP contribution in [-0.2, 0) is 9.47 Å². The van der Waals surface area contributed by atoms with Crippen LogP contribution in [-0.4, -0.2) is 43.3 Å². The van der Waals surface area contributed by atoms with E-state index < -0.39 is 0 Å². The van der Waals surface area contributed by atoms with Crippen molar-refractivity contribution in [1.82, 2.24) is 4.90 Å². The summed E-state index contributed by atoms with van der Waals surface area (Å²) in [5, 5.41) is 0. The second-order valence-electron chi connectivity index (χ2n) is 5.25. The maximum absolute atomic E-state index is 5.61. The Morgan fingerprint density at radius 3 is 2.93 bits per heavy atom. The van der Waals surface area contributed by atoms with Crippen LogP contribution in [0.25, 0.3) is 0 Å². The zero-order valence-corrected chi connectivity index (χ0v) is 9.15. The molecule has 0 radical (unpaired) electrons. The molecule has 0 amide bonds. The van der Waals surface area contributed by atoms with E-state index in [9.17, 15) is 0 Å². The van der Waals surface area contributed by atoms with Gasteiger partial charge in [-0.05, 0) is 19.3 Å². The number of fused-ring (bicyclic) bond motifs is 2. The molecule has 0 N–H and O–H groups in total. The Balaban J connectivity index is 1.54. The first-order chi connectivity index (χ1) is 7.31. The van der Waals surface area contributed by atoms with E-state index in [1.54, 1.807) is 6.26 Å². The van der Waals surface area contributed by atoms with Crippen LogP contribution in [0.5, 0.6) is 0 Å². The van der Waals surface area contributed by atoms with Crippen molar-refractivity contribution in [3.8, 4) is 0 Å². The second-order valence-corrected chi connectivity index (χ2v) is 5.25. The molecule has 84 valence electrons. The molecule has 3 fully saturated rings. The van der Waals surface area contributed by atoms with Crippen molar-refractivity contribution in [1.29, 1.82) is 0 Å². The first kappa shape index (κ1) is 9.67. The van der Waals surface area contributed by atoms with E-state index in [-0.39, 0.29) is 0 Å². The van der Waals surface area contributed by atoms with Gasteiger partial charge in [0.1, 0.15) is 0 Å². The highest BCUT2D eigenvalue weighted by Gasteiger charge is 2.49. The average molecular weight is 209 g/mol. The van der Waals surface area contributed by atoms with E-state index in [4.69, 9.17) is 9.47 Å². The minimum atomic E-state index is 0.443. The largest absolute Gasteiger partial charge is 0.501 e. The quantitative estimate of drug-likeness (QED) is 0.639. The highest BCUT2D eigenvalue weighted by atomic mass is 16.5. The summed E-state index contributed by atoms with van der Waals surface area (Å²) in [6, 6.07) is 0.691. The third kappa shape index (κ3) is 1.79. The number of rotatable bonds is 5. The molecule has 3 nitrogen and oxygen atoms in total. The summed E-state index contributed by atoms with van der Waals surface area (Å²) in [4.78, 5) is 2.60. The summed E-state index contributed by atoms with van der Waals surface area (Å²) in [5.74, 6) is 0. The lowest BCUT2D eigenvalue weighted by atomic mass is 10.1. The highest BCUT2D eigenvalue weighted by Crippen LogP contribution is 2.48. The number of morpholine rings is 1. The first-order valence-electron chi connectivity index (χ1n) is 5.89. The molecule has 0 aromatic heterocycles. The molecule has 3 rings (SSSR count). The van der Waals surface area contributed by atoms with Crippen molar-refractivity contribution in [2.24, 2.45) is 5.41 Å². The van der Waals surface area contributed by atoms with E-state index in [0.717, 1.165) is 19.8 Å². The second kappa shape index (κ2) is 3.49. The SMILES string of the molecule is C=COCC1(CN2CC3CC2CO3)CC1. The third-order valence-electron chi connectivity index (χ3n) is 4.02. The van der Waals surface area contributed by atoms with Gasteiger partial charge >= 0.3 is 0 Å². The zero-order valence-electron chi connectivity index (χ0n) is 9.15. The standard InChI is InChI=1S/C12H19NO2/c1-2-14-9-12(3-4-12)8-13-6-11-5-10(13)7-15-11/h2,10-11H,1,3-9H2. The molecule has 2 saturated heterocycles. The molecule has 3 heteroatoms. The lowest BCUT2D eigenvalue weighted by Crippen LogP contribution is -2.41. The summed E-state index contributed by atoms with van der Waals surface area (Å²) < 4.78 is 11.0. The number of nitrogens with zero attached hydrogens (tertiary/aromatic N) is 1. The lowest BCUT2D eigenvalue weighted by molar-refractivity contribution is 0.0159. The van der Waals surface area contributed by atoms with Gasteiger partial charge in [-0.1, -0.05) is 6.58 Å². The predicted octanol–water partition coefficient (Wildman–Crippen LogP) is 1.40. The Kier molecular flexibility index (Phi) is 2.25. The lowest BCUT2D eigenvalue weighted by Gasteiger charge is -2.30. The van der Waals surface area contributed by atoms with Gasteiger partial charge in [0.25, 0.3) is 0 Å². The van der Waals surface area contributed by atoms with Crippen LogP contribution in [0.2, 0.25) is 0 Å². The third-order valence-corrected chi connectivity index (χ3v) is 4.02. The fourth-order valence-corrected chi connectivity index (χ4v) is 2.86. The molecule has 1 aliphatic carbocycles. The van der Waals surface area contributed by atoms with Gasteiger partial charge in [0.15, 0.2) is 0 Å². The van der Waals surface area contributed by atoms with Crippen molar-refractivity contribution >= 4 is 0 Å². The predicted molar refractivity (Wildman–Crippen MR) is 57.5 cm³/mol. The molecule has 2 bridgehead atoms. The van der Waals surface area contributed by atoms with Gasteiger partial charge in [0.2, 0.25) is 0 Å². The maximum atomic E-state index is 5.61. The molecule has 0 aromatic rings. The highest BCUT2D eigenvalue weighted by molar-refractivity contribution is 5.00. The van der Waals surface area contributed by atoms with Crippen LogP contribution >= 0.6 is 0 Å². The van der Waals surface area contributed by atoms with E-state index in [0.29, 0.717) is 17.6 Å². The molecule has 3 aliphatic rings. The summed E-state index contributed by atoms with van der Waals surface area (Å²) in [6.45, 7) is 7.74. The van der Waals surface area contributed by atoms with Gasteiger partial charge in [0.05, 0.1) is 25.6 Å². The van der Waals surface area contributed by atoms with Crippen LogP contribution in [0.15, 0.2) is 12.8 Å². The van der Waals surface area contributed by atoms with Crippen LogP contribution in [0.1, 0.15) is 19.3 Å². The smallest absolute Gasteiger partial charge is 0.0941 e. The minimum Gasteiger partial charge on any atom is -0.501 e. The first-order valence-corrected chi connectivity index (χ1v) is 5.89. The Bertz CT molecular complexity index is 262. The normalized spacial score (nSPS) is 36.8. The maximum Gasteiger partial charge on any atom is 0.0941 e. The summed E-state index contributed by atoms with van der Waals surface area (Å²) >= 11 is 0. The van der Waals surface area contributed by atoms with Crippen LogP contribution < -0.4 is 0 Å². The van der Waals surface area contributed by atoms with E-state index in [2.05, 4.69) is 11.5 Å². The van der Waals surface area contributed by atoms with Crippen molar-refractivity contribution in [3.05, 3.63) is 12.8 Å². The minimum absolute atomic E-state index is 0.443. The molecule has 2 atom stereocenters. The Hall–Kier alpha value is -0.540. The van der Waals surface area contributed by atoms with Gasteiger partial charge in [-0.25, -0.2) is 0 Å². The van der Waals surface area contributed by atoms with Gasteiger partial charge in [-0.2, -0.15) is 0 Å². The van der Waals surface area contributed by atoms with Crippen molar-refractivity contribution < 1.29 is 9.47 Å². The zero-order chi connectivity index (χ0) is 10.3. The fraction of sp³-hybridized carbons (Fsp3) is 0.833. The molecule has 0 aromatic carbocycles. The molecular formula is C12H19NO2. The van der Waals surface area contributed by atoms with Gasteiger partial charge in [-0.3, -0.25) is 4.90 Å². The van der Waals surface area contributed by atoms with Crippen LogP contribution in [0.3, 0.4) is 0 Å². The van der Waals surface area contributed by atoms with Crippen LogP contribution in [0.4, 0.5) is 0 Å². The number of hydrogen-bond donors (Lipinski definition) is 0. The van der Waals surface area contributed by atoms with Crippen molar-refractivity contribution in [2.45, 2.75) is 31.4 Å². The van der Waals surface area contributed by atoms with E-state index in [1.165, 1.54) is 25.8 Å². The number of likely N-dealkylation sites (tertiary alicyclic amines) is 1. The van der Waals surface area contributed by atoms with Crippen molar-refractivity contribution in [2.75, 3.05) is 26.3 Å². The van der Waals surface area contributed by atoms with Crippen molar-refractivity contribution in [3.63, 3.8) is 0 Å². The van der Waals surface area contributed by atoms with E-state index in [1.807, 2.05) is 0 Å². The Morgan fingerprint density at radius 2 is 2.40 bits per heavy atom.